The smallest absolute Gasteiger partial charge is 0.259 e. The van der Waals surface area contributed by atoms with E-state index in [1.807, 2.05) is 12.1 Å². The van der Waals surface area contributed by atoms with Crippen LogP contribution in [0.15, 0.2) is 52.8 Å². The monoisotopic (exact) mass is 447 g/mol. The average Bonchev–Trinajstić information content (AvgIpc) is 2.99. The molecule has 1 aliphatic rings. The summed E-state index contributed by atoms with van der Waals surface area (Å²) in [7, 11) is 1.71. The van der Waals surface area contributed by atoms with Crippen LogP contribution in [0.5, 0.6) is 0 Å². The van der Waals surface area contributed by atoms with Crippen LogP contribution in [0.25, 0.3) is 0 Å². The number of nitrogens with zero attached hydrogens (tertiary/aromatic N) is 4. The molecule has 4 rings (SSSR count). The first-order valence-electron chi connectivity index (χ1n) is 8.65. The second-order valence-corrected chi connectivity index (χ2v) is 8.07. The van der Waals surface area contributed by atoms with Crippen LogP contribution >= 0.6 is 35.0 Å². The van der Waals surface area contributed by atoms with Crippen molar-refractivity contribution >= 4 is 58.2 Å². The minimum Gasteiger partial charge on any atom is -0.326 e. The van der Waals surface area contributed by atoms with Gasteiger partial charge in [-0.3, -0.25) is 9.59 Å². The molecule has 0 aliphatic carbocycles. The molecule has 2 amide bonds. The molecule has 0 spiro atoms. The highest BCUT2D eigenvalue weighted by molar-refractivity contribution is 7.99. The van der Waals surface area contributed by atoms with Crippen molar-refractivity contribution in [2.24, 2.45) is 0 Å². The fourth-order valence-electron chi connectivity index (χ4n) is 2.92. The number of hydrogen-bond acceptors (Lipinski definition) is 5. The van der Waals surface area contributed by atoms with E-state index in [1.54, 1.807) is 40.9 Å². The summed E-state index contributed by atoms with van der Waals surface area (Å²) in [5, 5.41) is 4.08. The molecule has 0 saturated heterocycles. The molecule has 29 heavy (non-hydrogen) atoms. The van der Waals surface area contributed by atoms with Crippen molar-refractivity contribution in [1.29, 1.82) is 0 Å². The number of hydrogen-bond donors (Lipinski definition) is 1. The topological polar surface area (TPSA) is 80.1 Å². The largest absolute Gasteiger partial charge is 0.326 e. The molecular formula is C19H15Cl2N5O2S. The Kier molecular flexibility index (Phi) is 5.49. The van der Waals surface area contributed by atoms with Gasteiger partial charge in [-0.1, -0.05) is 35.0 Å². The highest BCUT2D eigenvalue weighted by Gasteiger charge is 2.25. The van der Waals surface area contributed by atoms with Crippen LogP contribution in [0.3, 0.4) is 0 Å². The maximum absolute atomic E-state index is 12.9. The van der Waals surface area contributed by atoms with E-state index in [4.69, 9.17) is 23.2 Å². The molecular weight excluding hydrogens is 433 g/mol. The van der Waals surface area contributed by atoms with E-state index in [9.17, 15) is 9.59 Å². The van der Waals surface area contributed by atoms with Crippen molar-refractivity contribution in [1.82, 2.24) is 14.5 Å². The lowest BCUT2D eigenvalue weighted by molar-refractivity contribution is -0.116. The molecule has 0 saturated carbocycles. The Bertz CT molecular complexity index is 1120. The van der Waals surface area contributed by atoms with Gasteiger partial charge in [0.25, 0.3) is 5.91 Å². The number of amides is 2. The zero-order valence-corrected chi connectivity index (χ0v) is 17.6. The highest BCUT2D eigenvalue weighted by Crippen LogP contribution is 2.40. The lowest BCUT2D eigenvalue weighted by atomic mass is 10.1. The Morgan fingerprint density at radius 3 is 2.83 bits per heavy atom. The quantitative estimate of drug-likeness (QED) is 0.642. The van der Waals surface area contributed by atoms with Gasteiger partial charge in [0.1, 0.15) is 10.2 Å². The third kappa shape index (κ3) is 3.96. The standard InChI is InChI=1S/C19H15Cl2N5O2S/c1-25-13-3-2-7-22-18(13)29-14-5-4-11(9-12(14)19(25)28)24-15(27)6-8-26-10-23-16(20)17(26)21/h2-5,7,9-10H,6,8H2,1H3,(H,24,27). The van der Waals surface area contributed by atoms with Crippen molar-refractivity contribution in [3.05, 3.63) is 58.7 Å². The van der Waals surface area contributed by atoms with Gasteiger partial charge in [0.2, 0.25) is 5.91 Å². The predicted octanol–water partition coefficient (Wildman–Crippen LogP) is 4.35. The number of carbonyl (C=O) groups excluding carboxylic acids is 2. The molecule has 148 valence electrons. The van der Waals surface area contributed by atoms with Gasteiger partial charge < -0.3 is 14.8 Å². The number of anilines is 2. The summed E-state index contributed by atoms with van der Waals surface area (Å²) < 4.78 is 1.60. The number of halogens is 2. The number of aromatic nitrogens is 3. The summed E-state index contributed by atoms with van der Waals surface area (Å²) in [5.74, 6) is -0.368. The number of rotatable bonds is 4. The number of pyridine rings is 1. The fraction of sp³-hybridized carbons (Fsp3) is 0.158. The minimum absolute atomic E-state index is 0.157. The van der Waals surface area contributed by atoms with Gasteiger partial charge in [0.05, 0.1) is 17.6 Å². The Morgan fingerprint density at radius 2 is 2.07 bits per heavy atom. The van der Waals surface area contributed by atoms with Crippen LogP contribution in [-0.2, 0) is 11.3 Å². The Morgan fingerprint density at radius 1 is 1.24 bits per heavy atom. The van der Waals surface area contributed by atoms with Gasteiger partial charge in [-0.2, -0.15) is 0 Å². The van der Waals surface area contributed by atoms with Gasteiger partial charge >= 0.3 is 0 Å². The van der Waals surface area contributed by atoms with Crippen molar-refractivity contribution in [3.63, 3.8) is 0 Å². The molecule has 7 nitrogen and oxygen atoms in total. The lowest BCUT2D eigenvalue weighted by Gasteiger charge is -2.16. The van der Waals surface area contributed by atoms with Gasteiger partial charge in [-0.05, 0) is 30.3 Å². The van der Waals surface area contributed by atoms with E-state index in [2.05, 4.69) is 15.3 Å². The second kappa shape index (κ2) is 8.06. The zero-order valence-electron chi connectivity index (χ0n) is 15.2. The van der Waals surface area contributed by atoms with Crippen LogP contribution in [0.2, 0.25) is 10.3 Å². The zero-order chi connectivity index (χ0) is 20.5. The summed E-state index contributed by atoms with van der Waals surface area (Å²) in [6.45, 7) is 0.341. The number of fused-ring (bicyclic) bond motifs is 2. The fourth-order valence-corrected chi connectivity index (χ4v) is 4.27. The number of imidazole rings is 1. The SMILES string of the molecule is CN1C(=O)c2cc(NC(=O)CCn3cnc(Cl)c3Cl)ccc2Sc2ncccc21. The maximum atomic E-state index is 12.9. The van der Waals surface area contributed by atoms with Crippen molar-refractivity contribution in [3.8, 4) is 0 Å². The summed E-state index contributed by atoms with van der Waals surface area (Å²) >= 11 is 13.2. The van der Waals surface area contributed by atoms with Crippen LogP contribution in [0.1, 0.15) is 16.8 Å². The molecule has 1 aromatic carbocycles. The van der Waals surface area contributed by atoms with E-state index in [0.29, 0.717) is 22.9 Å². The molecule has 2 aromatic heterocycles. The van der Waals surface area contributed by atoms with E-state index < -0.39 is 0 Å². The van der Waals surface area contributed by atoms with Crippen molar-refractivity contribution in [2.75, 3.05) is 17.3 Å². The molecule has 3 aromatic rings. The Labute approximate surface area is 181 Å². The van der Waals surface area contributed by atoms with E-state index >= 15 is 0 Å². The number of carbonyl (C=O) groups is 2. The Balaban J connectivity index is 1.50. The van der Waals surface area contributed by atoms with Gasteiger partial charge in [0.15, 0.2) is 5.15 Å². The molecule has 0 unspecified atom stereocenters. The summed E-state index contributed by atoms with van der Waals surface area (Å²) in [4.78, 5) is 35.9. The molecule has 0 atom stereocenters. The normalized spacial score (nSPS) is 12.9. The molecule has 10 heteroatoms. The average molecular weight is 448 g/mol. The van der Waals surface area contributed by atoms with Crippen molar-refractivity contribution in [2.45, 2.75) is 22.9 Å². The van der Waals surface area contributed by atoms with Crippen LogP contribution in [0.4, 0.5) is 11.4 Å². The lowest BCUT2D eigenvalue weighted by Crippen LogP contribution is -2.26. The minimum atomic E-state index is -0.210. The number of nitrogens with one attached hydrogen (secondary N) is 1. The van der Waals surface area contributed by atoms with Crippen LogP contribution in [-0.4, -0.2) is 33.4 Å². The molecule has 1 N–H and O–H groups in total. The first-order chi connectivity index (χ1) is 13.9. The number of benzene rings is 1. The molecule has 0 fully saturated rings. The third-order valence-corrected chi connectivity index (χ3v) is 6.28. The summed E-state index contributed by atoms with van der Waals surface area (Å²) in [6.07, 6.45) is 3.36. The van der Waals surface area contributed by atoms with E-state index in [-0.39, 0.29) is 23.4 Å². The second-order valence-electron chi connectivity index (χ2n) is 6.32. The highest BCUT2D eigenvalue weighted by atomic mass is 35.5. The van der Waals surface area contributed by atoms with Crippen LogP contribution in [0, 0.1) is 0 Å². The van der Waals surface area contributed by atoms with Gasteiger partial charge in [-0.15, -0.1) is 0 Å². The van der Waals surface area contributed by atoms with Crippen molar-refractivity contribution < 1.29 is 9.59 Å². The van der Waals surface area contributed by atoms with Crippen LogP contribution < -0.4 is 10.2 Å². The summed E-state index contributed by atoms with van der Waals surface area (Å²) in [5.41, 5.74) is 1.81. The molecule has 0 radical (unpaired) electrons. The van der Waals surface area contributed by atoms with E-state index in [0.717, 1.165) is 15.6 Å². The molecule has 1 aliphatic heterocycles. The third-order valence-electron chi connectivity index (χ3n) is 4.43. The summed E-state index contributed by atoms with van der Waals surface area (Å²) in [6, 6.07) is 8.93. The van der Waals surface area contributed by atoms with Gasteiger partial charge in [0, 0.05) is 36.8 Å². The predicted molar refractivity (Wildman–Crippen MR) is 113 cm³/mol. The first-order valence-corrected chi connectivity index (χ1v) is 10.2. The number of aryl methyl sites for hydroxylation is 1. The maximum Gasteiger partial charge on any atom is 0.259 e. The Hall–Kier alpha value is -2.55. The van der Waals surface area contributed by atoms with Gasteiger partial charge in [-0.25, -0.2) is 9.97 Å². The molecule has 0 bridgehead atoms. The van der Waals surface area contributed by atoms with E-state index in [1.165, 1.54) is 18.1 Å². The first kappa shape index (κ1) is 19.8. The molecule has 3 heterocycles.